The summed E-state index contributed by atoms with van der Waals surface area (Å²) in [6, 6.07) is 12.9. The van der Waals surface area contributed by atoms with Gasteiger partial charge in [-0.15, -0.1) is 0 Å². The van der Waals surface area contributed by atoms with Crippen LogP contribution in [0.2, 0.25) is 5.02 Å². The van der Waals surface area contributed by atoms with Crippen molar-refractivity contribution in [3.8, 4) is 0 Å². The van der Waals surface area contributed by atoms with Gasteiger partial charge in [0, 0.05) is 41.3 Å². The van der Waals surface area contributed by atoms with Gasteiger partial charge in [0.25, 0.3) is 5.91 Å². The minimum absolute atomic E-state index is 0.0810. The van der Waals surface area contributed by atoms with E-state index in [0.29, 0.717) is 11.3 Å². The Morgan fingerprint density at radius 3 is 2.50 bits per heavy atom. The molecular weight excluding hydrogens is 443 g/mol. The van der Waals surface area contributed by atoms with Crippen LogP contribution in [0.25, 0.3) is 6.08 Å². The number of alkyl halides is 3. The summed E-state index contributed by atoms with van der Waals surface area (Å²) >= 11 is 5.92. The molecule has 0 atom stereocenters. The van der Waals surface area contributed by atoms with E-state index in [-0.39, 0.29) is 23.0 Å². The minimum Gasteiger partial charge on any atom is -0.348 e. The third kappa shape index (κ3) is 6.42. The summed E-state index contributed by atoms with van der Waals surface area (Å²) in [4.78, 5) is 28.2. The number of carbonyl (C=O) groups is 2. The zero-order chi connectivity index (χ0) is 23.1. The molecule has 0 bridgehead atoms. The summed E-state index contributed by atoms with van der Waals surface area (Å²) in [5, 5.41) is 5.49. The van der Waals surface area contributed by atoms with Gasteiger partial charge in [-0.3, -0.25) is 14.6 Å². The van der Waals surface area contributed by atoms with E-state index in [1.165, 1.54) is 18.5 Å². The Hall–Kier alpha value is -3.65. The maximum Gasteiger partial charge on any atom is 0.416 e. The standard InChI is InChI=1S/C23H17ClF3N3O2/c24-20-6-5-18(23(25,26)27)13-17(20)4-7-21(31)29-14-15-2-1-3-19(12-15)30-22(32)16-8-10-28-11-9-16/h1-13H,14H2,(H,29,31)(H,30,32)/b7-4+. The number of rotatable bonds is 6. The Kier molecular flexibility index (Phi) is 7.27. The van der Waals surface area contributed by atoms with E-state index in [4.69, 9.17) is 11.6 Å². The highest BCUT2D eigenvalue weighted by atomic mass is 35.5. The molecule has 32 heavy (non-hydrogen) atoms. The highest BCUT2D eigenvalue weighted by molar-refractivity contribution is 6.32. The quantitative estimate of drug-likeness (QED) is 0.489. The van der Waals surface area contributed by atoms with Crippen LogP contribution in [0, 0.1) is 0 Å². The predicted molar refractivity (Wildman–Crippen MR) is 116 cm³/mol. The Bertz CT molecular complexity index is 1150. The monoisotopic (exact) mass is 459 g/mol. The summed E-state index contributed by atoms with van der Waals surface area (Å²) in [6.45, 7) is 0.151. The molecule has 0 unspecified atom stereocenters. The highest BCUT2D eigenvalue weighted by Gasteiger charge is 2.30. The van der Waals surface area contributed by atoms with Crippen molar-refractivity contribution >= 4 is 35.2 Å². The van der Waals surface area contributed by atoms with Crippen LogP contribution in [0.5, 0.6) is 0 Å². The number of aromatic nitrogens is 1. The van der Waals surface area contributed by atoms with E-state index in [1.54, 1.807) is 36.4 Å². The average Bonchev–Trinajstić information content (AvgIpc) is 2.77. The summed E-state index contributed by atoms with van der Waals surface area (Å²) < 4.78 is 38.5. The van der Waals surface area contributed by atoms with Crippen molar-refractivity contribution in [1.29, 1.82) is 0 Å². The largest absolute Gasteiger partial charge is 0.416 e. The lowest BCUT2D eigenvalue weighted by molar-refractivity contribution is -0.137. The van der Waals surface area contributed by atoms with Gasteiger partial charge in [-0.2, -0.15) is 13.2 Å². The third-order valence-electron chi connectivity index (χ3n) is 4.33. The lowest BCUT2D eigenvalue weighted by Gasteiger charge is -2.09. The van der Waals surface area contributed by atoms with Crippen molar-refractivity contribution in [3.05, 3.63) is 100 Å². The van der Waals surface area contributed by atoms with Gasteiger partial charge in [-0.1, -0.05) is 23.7 Å². The molecule has 0 saturated carbocycles. The van der Waals surface area contributed by atoms with E-state index in [2.05, 4.69) is 15.6 Å². The SMILES string of the molecule is O=C(/C=C/c1cc(C(F)(F)F)ccc1Cl)NCc1cccc(NC(=O)c2ccncc2)c1. The van der Waals surface area contributed by atoms with Crippen molar-refractivity contribution in [3.63, 3.8) is 0 Å². The molecule has 2 amide bonds. The summed E-state index contributed by atoms with van der Waals surface area (Å²) in [5.41, 5.74) is 0.948. The van der Waals surface area contributed by atoms with Crippen LogP contribution in [0.1, 0.15) is 27.0 Å². The fourth-order valence-electron chi connectivity index (χ4n) is 2.73. The smallest absolute Gasteiger partial charge is 0.348 e. The number of nitrogens with zero attached hydrogens (tertiary/aromatic N) is 1. The second-order valence-corrected chi connectivity index (χ2v) is 7.08. The number of carbonyl (C=O) groups excluding carboxylic acids is 2. The van der Waals surface area contributed by atoms with E-state index in [0.717, 1.165) is 29.8 Å². The van der Waals surface area contributed by atoms with E-state index < -0.39 is 17.6 Å². The van der Waals surface area contributed by atoms with Crippen LogP contribution in [-0.4, -0.2) is 16.8 Å². The van der Waals surface area contributed by atoms with Gasteiger partial charge in [-0.25, -0.2) is 0 Å². The molecule has 0 saturated heterocycles. The summed E-state index contributed by atoms with van der Waals surface area (Å²) in [5.74, 6) is -0.806. The Morgan fingerprint density at radius 1 is 1.03 bits per heavy atom. The van der Waals surface area contributed by atoms with Crippen LogP contribution in [0.15, 0.2) is 73.1 Å². The molecule has 2 aromatic carbocycles. The molecule has 0 radical (unpaired) electrons. The number of halogens is 4. The maximum absolute atomic E-state index is 12.8. The first-order valence-electron chi connectivity index (χ1n) is 9.35. The Labute approximate surface area is 186 Å². The normalized spacial score (nSPS) is 11.4. The zero-order valence-electron chi connectivity index (χ0n) is 16.5. The molecular formula is C23H17ClF3N3O2. The van der Waals surface area contributed by atoms with Crippen molar-refractivity contribution in [2.45, 2.75) is 12.7 Å². The summed E-state index contributed by atoms with van der Waals surface area (Å²) in [6.07, 6.45) is 0.851. The van der Waals surface area contributed by atoms with Crippen molar-refractivity contribution in [2.24, 2.45) is 0 Å². The van der Waals surface area contributed by atoms with Crippen LogP contribution in [-0.2, 0) is 17.5 Å². The molecule has 3 rings (SSSR count). The number of nitrogens with one attached hydrogen (secondary N) is 2. The molecule has 0 spiro atoms. The number of pyridine rings is 1. The first-order chi connectivity index (χ1) is 15.2. The summed E-state index contributed by atoms with van der Waals surface area (Å²) in [7, 11) is 0. The first-order valence-corrected chi connectivity index (χ1v) is 9.73. The number of anilines is 1. The topological polar surface area (TPSA) is 71.1 Å². The molecule has 2 N–H and O–H groups in total. The van der Waals surface area contributed by atoms with Gasteiger partial charge in [0.05, 0.1) is 5.56 Å². The molecule has 1 aromatic heterocycles. The first kappa shape index (κ1) is 23.0. The predicted octanol–water partition coefficient (Wildman–Crippen LogP) is 5.34. The molecule has 0 fully saturated rings. The molecule has 9 heteroatoms. The third-order valence-corrected chi connectivity index (χ3v) is 4.68. The second-order valence-electron chi connectivity index (χ2n) is 6.68. The number of hydrogen-bond donors (Lipinski definition) is 2. The van der Waals surface area contributed by atoms with Crippen molar-refractivity contribution in [1.82, 2.24) is 10.3 Å². The fraction of sp³-hybridized carbons (Fsp3) is 0.0870. The number of amides is 2. The lowest BCUT2D eigenvalue weighted by Crippen LogP contribution is -2.20. The Balaban J connectivity index is 1.60. The molecule has 5 nitrogen and oxygen atoms in total. The van der Waals surface area contributed by atoms with Crippen LogP contribution >= 0.6 is 11.6 Å². The van der Waals surface area contributed by atoms with Gasteiger partial charge < -0.3 is 10.6 Å². The number of hydrogen-bond acceptors (Lipinski definition) is 3. The molecule has 0 aliphatic rings. The van der Waals surface area contributed by atoms with Crippen LogP contribution in [0.3, 0.4) is 0 Å². The molecule has 164 valence electrons. The van der Waals surface area contributed by atoms with Crippen molar-refractivity contribution in [2.75, 3.05) is 5.32 Å². The van der Waals surface area contributed by atoms with Gasteiger partial charge >= 0.3 is 6.18 Å². The zero-order valence-corrected chi connectivity index (χ0v) is 17.2. The van der Waals surface area contributed by atoms with Gasteiger partial charge in [-0.05, 0) is 59.7 Å². The maximum atomic E-state index is 12.8. The highest BCUT2D eigenvalue weighted by Crippen LogP contribution is 2.32. The van der Waals surface area contributed by atoms with E-state index in [9.17, 15) is 22.8 Å². The van der Waals surface area contributed by atoms with Gasteiger partial charge in [0.15, 0.2) is 0 Å². The average molecular weight is 460 g/mol. The number of benzene rings is 2. The van der Waals surface area contributed by atoms with E-state index in [1.807, 2.05) is 0 Å². The lowest BCUT2D eigenvalue weighted by atomic mass is 10.1. The molecule has 1 heterocycles. The van der Waals surface area contributed by atoms with Gasteiger partial charge in [0.2, 0.25) is 5.91 Å². The fourth-order valence-corrected chi connectivity index (χ4v) is 2.91. The van der Waals surface area contributed by atoms with E-state index >= 15 is 0 Å². The van der Waals surface area contributed by atoms with Gasteiger partial charge in [0.1, 0.15) is 0 Å². The minimum atomic E-state index is -4.51. The Morgan fingerprint density at radius 2 is 1.78 bits per heavy atom. The second kappa shape index (κ2) is 10.1. The van der Waals surface area contributed by atoms with Crippen LogP contribution in [0.4, 0.5) is 18.9 Å². The molecule has 0 aliphatic heterocycles. The van der Waals surface area contributed by atoms with Crippen LogP contribution < -0.4 is 10.6 Å². The molecule has 0 aliphatic carbocycles. The van der Waals surface area contributed by atoms with Crippen molar-refractivity contribution < 1.29 is 22.8 Å². The molecule has 3 aromatic rings.